The number of hydrogen-bond acceptors (Lipinski definition) is 4. The maximum absolute atomic E-state index is 14.0. The van der Waals surface area contributed by atoms with E-state index >= 15 is 0 Å². The Morgan fingerprint density at radius 3 is 2.66 bits per heavy atom. The van der Waals surface area contributed by atoms with E-state index in [1.54, 1.807) is 6.26 Å². The first-order valence-electron chi connectivity index (χ1n) is 11.7. The average Bonchev–Trinajstić information content (AvgIpc) is 3.20. The highest BCUT2D eigenvalue weighted by molar-refractivity contribution is 5.83. The predicted octanol–water partition coefficient (Wildman–Crippen LogP) is 4.49. The van der Waals surface area contributed by atoms with Crippen molar-refractivity contribution in [2.24, 2.45) is 11.3 Å². The van der Waals surface area contributed by atoms with Crippen molar-refractivity contribution in [1.29, 1.82) is 0 Å². The highest BCUT2D eigenvalue weighted by atomic mass is 16.5. The summed E-state index contributed by atoms with van der Waals surface area (Å²) in [5, 5.41) is 1.15. The van der Waals surface area contributed by atoms with Crippen molar-refractivity contribution in [3.8, 4) is 0 Å². The smallest absolute Gasteiger partial charge is 0.229 e. The predicted molar refractivity (Wildman–Crippen MR) is 123 cm³/mol. The lowest BCUT2D eigenvalue weighted by atomic mass is 9.74. The van der Waals surface area contributed by atoms with Gasteiger partial charge in [-0.25, -0.2) is 0 Å². The molecule has 168 valence electrons. The van der Waals surface area contributed by atoms with Crippen LogP contribution in [0.25, 0.3) is 11.0 Å². The van der Waals surface area contributed by atoms with E-state index in [1.807, 2.05) is 24.3 Å². The van der Waals surface area contributed by atoms with Crippen LogP contribution in [0, 0.1) is 11.3 Å². The highest BCUT2D eigenvalue weighted by Gasteiger charge is 2.43. The molecule has 1 unspecified atom stereocenters. The monoisotopic (exact) mass is 433 g/mol. The van der Waals surface area contributed by atoms with E-state index in [1.165, 1.54) is 11.1 Å². The summed E-state index contributed by atoms with van der Waals surface area (Å²) in [4.78, 5) is 16.1. The molecular formula is C27H31NO4. The molecule has 32 heavy (non-hydrogen) atoms. The van der Waals surface area contributed by atoms with Gasteiger partial charge in [0.15, 0.2) is 0 Å². The van der Waals surface area contributed by atoms with E-state index in [2.05, 4.69) is 35.2 Å². The van der Waals surface area contributed by atoms with Crippen LogP contribution in [0.4, 0.5) is 0 Å². The molecule has 0 saturated carbocycles. The maximum Gasteiger partial charge on any atom is 0.229 e. The summed E-state index contributed by atoms with van der Waals surface area (Å²) < 4.78 is 17.2. The zero-order valence-corrected chi connectivity index (χ0v) is 18.5. The zero-order valence-electron chi connectivity index (χ0n) is 18.5. The van der Waals surface area contributed by atoms with Gasteiger partial charge in [-0.15, -0.1) is 0 Å². The van der Waals surface area contributed by atoms with E-state index in [0.29, 0.717) is 33.0 Å². The minimum absolute atomic E-state index is 0.260. The lowest BCUT2D eigenvalue weighted by Crippen LogP contribution is -2.50. The topological polar surface area (TPSA) is 51.9 Å². The molecule has 2 aliphatic rings. The maximum atomic E-state index is 14.0. The van der Waals surface area contributed by atoms with Gasteiger partial charge in [0.1, 0.15) is 5.58 Å². The molecule has 3 aromatic rings. The molecule has 0 N–H and O–H groups in total. The molecule has 2 fully saturated rings. The first kappa shape index (κ1) is 21.2. The van der Waals surface area contributed by atoms with Gasteiger partial charge in [-0.1, -0.05) is 42.5 Å². The second-order valence-electron chi connectivity index (χ2n) is 9.20. The summed E-state index contributed by atoms with van der Waals surface area (Å²) in [6.45, 7) is 3.94. The van der Waals surface area contributed by atoms with Crippen LogP contribution in [-0.4, -0.2) is 50.3 Å². The fraction of sp³-hybridized carbons (Fsp3) is 0.444. The molecule has 5 heteroatoms. The molecule has 2 saturated heterocycles. The summed E-state index contributed by atoms with van der Waals surface area (Å²) >= 11 is 0. The molecule has 1 amide bonds. The van der Waals surface area contributed by atoms with Gasteiger partial charge in [-0.2, -0.15) is 0 Å². The second kappa shape index (κ2) is 9.47. The number of nitrogens with zero attached hydrogens (tertiary/aromatic N) is 1. The molecule has 5 rings (SSSR count). The van der Waals surface area contributed by atoms with Crippen LogP contribution in [-0.2, 0) is 27.1 Å². The molecule has 0 spiro atoms. The van der Waals surface area contributed by atoms with Crippen molar-refractivity contribution >= 4 is 16.9 Å². The number of fused-ring (bicyclic) bond motifs is 1. The van der Waals surface area contributed by atoms with E-state index in [4.69, 9.17) is 13.9 Å². The van der Waals surface area contributed by atoms with Crippen molar-refractivity contribution in [1.82, 2.24) is 4.90 Å². The molecule has 0 radical (unpaired) electrons. The van der Waals surface area contributed by atoms with Gasteiger partial charge in [0.25, 0.3) is 0 Å². The van der Waals surface area contributed by atoms with Gasteiger partial charge < -0.3 is 18.8 Å². The standard InChI is InChI=1S/C27H31NO4/c29-26(27(10-14-30-15-11-27)18-21-5-2-1-3-6-21)28-12-16-31-20-22(19-28)17-23-7-4-8-25-24(23)9-13-32-25/h1-9,13,22H,10-12,14-20H2. The van der Waals surface area contributed by atoms with Crippen molar-refractivity contribution in [3.63, 3.8) is 0 Å². The number of benzene rings is 2. The molecule has 1 aromatic heterocycles. The fourth-order valence-electron chi connectivity index (χ4n) is 5.28. The highest BCUT2D eigenvalue weighted by Crippen LogP contribution is 2.37. The van der Waals surface area contributed by atoms with Crippen LogP contribution in [0.1, 0.15) is 24.0 Å². The molecule has 0 bridgehead atoms. The van der Waals surface area contributed by atoms with Crippen LogP contribution < -0.4 is 0 Å². The van der Waals surface area contributed by atoms with Crippen LogP contribution >= 0.6 is 0 Å². The molecule has 3 heterocycles. The van der Waals surface area contributed by atoms with Gasteiger partial charge in [0.05, 0.1) is 24.9 Å². The van der Waals surface area contributed by atoms with Crippen LogP contribution in [0.15, 0.2) is 65.3 Å². The Bertz CT molecular complexity index is 1040. The Kier molecular flexibility index (Phi) is 6.28. The average molecular weight is 434 g/mol. The van der Waals surface area contributed by atoms with E-state index in [9.17, 15) is 4.79 Å². The van der Waals surface area contributed by atoms with E-state index in [0.717, 1.165) is 43.2 Å². The normalized spacial score (nSPS) is 21.4. The SMILES string of the molecule is O=C(N1CCOCC(Cc2cccc3occc23)C1)C1(Cc2ccccc2)CCOCC1. The number of hydrogen-bond donors (Lipinski definition) is 0. The van der Waals surface area contributed by atoms with Crippen molar-refractivity contribution in [2.75, 3.05) is 39.5 Å². The number of furan rings is 1. The summed E-state index contributed by atoms with van der Waals surface area (Å²) in [7, 11) is 0. The summed E-state index contributed by atoms with van der Waals surface area (Å²) in [5.74, 6) is 0.525. The van der Waals surface area contributed by atoms with E-state index in [-0.39, 0.29) is 17.2 Å². The number of carbonyl (C=O) groups is 1. The molecular weight excluding hydrogens is 402 g/mol. The fourth-order valence-corrected chi connectivity index (χ4v) is 5.28. The van der Waals surface area contributed by atoms with Gasteiger partial charge in [-0.3, -0.25) is 4.79 Å². The summed E-state index contributed by atoms with van der Waals surface area (Å²) in [6.07, 6.45) is 4.93. The summed E-state index contributed by atoms with van der Waals surface area (Å²) in [6, 6.07) is 18.6. The Hall–Kier alpha value is -2.63. The number of rotatable bonds is 5. The quantitative estimate of drug-likeness (QED) is 0.595. The molecule has 0 aliphatic carbocycles. The second-order valence-corrected chi connectivity index (χ2v) is 9.20. The first-order chi connectivity index (χ1) is 15.7. The minimum atomic E-state index is -0.390. The lowest BCUT2D eigenvalue weighted by Gasteiger charge is -2.40. The minimum Gasteiger partial charge on any atom is -0.464 e. The zero-order chi connectivity index (χ0) is 21.8. The molecule has 2 aromatic carbocycles. The van der Waals surface area contributed by atoms with Crippen LogP contribution in [0.2, 0.25) is 0 Å². The summed E-state index contributed by atoms with van der Waals surface area (Å²) in [5.41, 5.74) is 2.99. The molecule has 2 aliphatic heterocycles. The number of carbonyl (C=O) groups excluding carboxylic acids is 1. The lowest BCUT2D eigenvalue weighted by molar-refractivity contribution is -0.148. The Morgan fingerprint density at radius 1 is 0.969 bits per heavy atom. The third kappa shape index (κ3) is 4.45. The van der Waals surface area contributed by atoms with Gasteiger partial charge in [0.2, 0.25) is 5.91 Å². The van der Waals surface area contributed by atoms with Gasteiger partial charge >= 0.3 is 0 Å². The van der Waals surface area contributed by atoms with Crippen LogP contribution in [0.3, 0.4) is 0 Å². The molecule has 5 nitrogen and oxygen atoms in total. The number of ether oxygens (including phenoxy) is 2. The Morgan fingerprint density at radius 2 is 1.81 bits per heavy atom. The van der Waals surface area contributed by atoms with Crippen LogP contribution in [0.5, 0.6) is 0 Å². The third-order valence-electron chi connectivity index (χ3n) is 7.01. The van der Waals surface area contributed by atoms with Gasteiger partial charge in [0, 0.05) is 37.6 Å². The Labute approximate surface area is 189 Å². The number of amides is 1. The van der Waals surface area contributed by atoms with Gasteiger partial charge in [-0.05, 0) is 48.9 Å². The van der Waals surface area contributed by atoms with Crippen molar-refractivity contribution in [3.05, 3.63) is 72.0 Å². The first-order valence-corrected chi connectivity index (χ1v) is 11.7. The van der Waals surface area contributed by atoms with Crippen molar-refractivity contribution in [2.45, 2.75) is 25.7 Å². The molecule has 1 atom stereocenters. The largest absolute Gasteiger partial charge is 0.464 e. The van der Waals surface area contributed by atoms with Crippen molar-refractivity contribution < 1.29 is 18.7 Å². The third-order valence-corrected chi connectivity index (χ3v) is 7.01. The Balaban J connectivity index is 1.35. The van der Waals surface area contributed by atoms with E-state index < -0.39 is 0 Å².